The lowest BCUT2D eigenvalue weighted by Crippen LogP contribution is -2.43. The molecule has 0 radical (unpaired) electrons. The van der Waals surface area contributed by atoms with Gasteiger partial charge in [0.2, 0.25) is 11.8 Å². The largest absolute Gasteiger partial charge is 0.480 e. The third-order valence-electron chi connectivity index (χ3n) is 2.66. The molecule has 6 heteroatoms. The second kappa shape index (κ2) is 7.87. The van der Waals surface area contributed by atoms with E-state index in [-0.39, 0.29) is 30.7 Å². The highest BCUT2D eigenvalue weighted by Crippen LogP contribution is 2.12. The minimum Gasteiger partial charge on any atom is -0.480 e. The van der Waals surface area contributed by atoms with Crippen LogP contribution in [0.4, 0.5) is 0 Å². The maximum atomic E-state index is 11.6. The summed E-state index contributed by atoms with van der Waals surface area (Å²) in [5, 5.41) is 14.1. The summed E-state index contributed by atoms with van der Waals surface area (Å²) in [7, 11) is 0. The van der Waals surface area contributed by atoms with E-state index in [0.717, 1.165) is 0 Å². The van der Waals surface area contributed by atoms with Crippen molar-refractivity contribution < 1.29 is 19.5 Å². The number of carboxylic acids is 1. The molecule has 6 nitrogen and oxygen atoms in total. The van der Waals surface area contributed by atoms with Gasteiger partial charge in [-0.3, -0.25) is 9.59 Å². The van der Waals surface area contributed by atoms with Gasteiger partial charge in [-0.05, 0) is 12.3 Å². The normalized spacial score (nSPS) is 12.9. The van der Waals surface area contributed by atoms with E-state index in [1.54, 1.807) is 20.8 Å². The van der Waals surface area contributed by atoms with Crippen LogP contribution in [0.5, 0.6) is 0 Å². The van der Waals surface area contributed by atoms with Crippen LogP contribution < -0.4 is 10.6 Å². The van der Waals surface area contributed by atoms with Crippen LogP contribution in [0.1, 0.15) is 47.5 Å². The summed E-state index contributed by atoms with van der Waals surface area (Å²) in [6.45, 7) is 9.34. The van der Waals surface area contributed by atoms with Gasteiger partial charge in [-0.2, -0.15) is 0 Å². The molecule has 1 atom stereocenters. The van der Waals surface area contributed by atoms with Gasteiger partial charge in [0, 0.05) is 18.4 Å². The van der Waals surface area contributed by atoms with Crippen LogP contribution in [-0.2, 0) is 14.4 Å². The van der Waals surface area contributed by atoms with E-state index in [4.69, 9.17) is 5.11 Å². The Labute approximate surface area is 120 Å². The molecule has 0 aromatic carbocycles. The fourth-order valence-electron chi connectivity index (χ4n) is 1.51. The highest BCUT2D eigenvalue weighted by Gasteiger charge is 2.22. The van der Waals surface area contributed by atoms with Gasteiger partial charge in [-0.1, -0.05) is 34.6 Å². The maximum Gasteiger partial charge on any atom is 0.326 e. The summed E-state index contributed by atoms with van der Waals surface area (Å²) < 4.78 is 0. The van der Waals surface area contributed by atoms with Crippen molar-refractivity contribution in [3.8, 4) is 0 Å². The fourth-order valence-corrected chi connectivity index (χ4v) is 1.51. The number of hydrogen-bond donors (Lipinski definition) is 3. The molecule has 0 aliphatic heterocycles. The van der Waals surface area contributed by atoms with Gasteiger partial charge in [-0.25, -0.2) is 4.79 Å². The van der Waals surface area contributed by atoms with Crippen LogP contribution >= 0.6 is 0 Å². The molecular weight excluding hydrogens is 260 g/mol. The Hall–Kier alpha value is -1.59. The van der Waals surface area contributed by atoms with Gasteiger partial charge in [0.1, 0.15) is 6.04 Å². The highest BCUT2D eigenvalue weighted by atomic mass is 16.4. The average molecular weight is 286 g/mol. The summed E-state index contributed by atoms with van der Waals surface area (Å²) in [5.74, 6) is -1.36. The van der Waals surface area contributed by atoms with E-state index >= 15 is 0 Å². The second-order valence-corrected chi connectivity index (χ2v) is 6.34. The zero-order chi connectivity index (χ0) is 15.9. The second-order valence-electron chi connectivity index (χ2n) is 6.34. The van der Waals surface area contributed by atoms with Crippen LogP contribution in [0, 0.1) is 11.3 Å². The Morgan fingerprint density at radius 2 is 1.70 bits per heavy atom. The molecule has 3 N–H and O–H groups in total. The van der Waals surface area contributed by atoms with E-state index < -0.39 is 17.4 Å². The number of carbonyl (C=O) groups is 3. The monoisotopic (exact) mass is 286 g/mol. The van der Waals surface area contributed by atoms with E-state index in [1.165, 1.54) is 0 Å². The van der Waals surface area contributed by atoms with E-state index in [9.17, 15) is 14.4 Å². The van der Waals surface area contributed by atoms with Crippen molar-refractivity contribution in [3.63, 3.8) is 0 Å². The van der Waals surface area contributed by atoms with Gasteiger partial charge in [0.15, 0.2) is 0 Å². The molecule has 0 rings (SSSR count). The van der Waals surface area contributed by atoms with Crippen molar-refractivity contribution in [1.82, 2.24) is 10.6 Å². The lowest BCUT2D eigenvalue weighted by molar-refractivity contribution is -0.142. The number of rotatable bonds is 7. The van der Waals surface area contributed by atoms with Crippen molar-refractivity contribution in [2.24, 2.45) is 11.3 Å². The average Bonchev–Trinajstić information content (AvgIpc) is 2.25. The Kier molecular flexibility index (Phi) is 7.24. The van der Waals surface area contributed by atoms with Gasteiger partial charge in [0.05, 0.1) is 0 Å². The smallest absolute Gasteiger partial charge is 0.326 e. The van der Waals surface area contributed by atoms with Crippen LogP contribution in [0.2, 0.25) is 0 Å². The lowest BCUT2D eigenvalue weighted by atomic mass is 9.96. The first-order valence-corrected chi connectivity index (χ1v) is 6.84. The predicted octanol–water partition coefficient (Wildman–Crippen LogP) is 1.15. The molecular formula is C14H26N2O4. The summed E-state index contributed by atoms with van der Waals surface area (Å²) in [5.41, 5.74) is -0.502. The summed E-state index contributed by atoms with van der Waals surface area (Å²) in [4.78, 5) is 34.2. The Morgan fingerprint density at radius 3 is 2.10 bits per heavy atom. The minimum absolute atomic E-state index is 0.0731. The van der Waals surface area contributed by atoms with Crippen molar-refractivity contribution in [3.05, 3.63) is 0 Å². The molecule has 2 amide bonds. The van der Waals surface area contributed by atoms with E-state index in [0.29, 0.717) is 6.42 Å². The van der Waals surface area contributed by atoms with Crippen molar-refractivity contribution in [2.45, 2.75) is 53.5 Å². The first-order valence-electron chi connectivity index (χ1n) is 6.84. The van der Waals surface area contributed by atoms with Crippen molar-refractivity contribution in [2.75, 3.05) is 6.54 Å². The number of carbonyl (C=O) groups excluding carboxylic acids is 2. The Bertz CT molecular complexity index is 359. The standard InChI is InChI=1S/C14H26N2O4/c1-9(2)8-10(12(18)19)16-11(17)6-7-15-13(20)14(3,4)5/h9-10H,6-8H2,1-5H3,(H,15,20)(H,16,17)(H,18,19)/t10-/m1/s1. The summed E-state index contributed by atoms with van der Waals surface area (Å²) in [6.07, 6.45) is 0.457. The third kappa shape index (κ3) is 7.76. The van der Waals surface area contributed by atoms with Crippen molar-refractivity contribution in [1.29, 1.82) is 0 Å². The topological polar surface area (TPSA) is 95.5 Å². The minimum atomic E-state index is -1.04. The molecule has 20 heavy (non-hydrogen) atoms. The fraction of sp³-hybridized carbons (Fsp3) is 0.786. The molecule has 116 valence electrons. The number of nitrogens with one attached hydrogen (secondary N) is 2. The molecule has 0 heterocycles. The summed E-state index contributed by atoms with van der Waals surface area (Å²) >= 11 is 0. The van der Waals surface area contributed by atoms with E-state index in [1.807, 2.05) is 13.8 Å². The number of amides is 2. The zero-order valence-corrected chi connectivity index (χ0v) is 12.9. The molecule has 0 fully saturated rings. The molecule has 0 aromatic heterocycles. The zero-order valence-electron chi connectivity index (χ0n) is 12.9. The molecule has 0 saturated heterocycles. The highest BCUT2D eigenvalue weighted by molar-refractivity contribution is 5.85. The number of hydrogen-bond acceptors (Lipinski definition) is 3. The maximum absolute atomic E-state index is 11.6. The molecule has 0 aromatic rings. The first-order chi connectivity index (χ1) is 9.04. The molecule has 0 saturated carbocycles. The number of carboxylic acid groups (broad SMARTS) is 1. The quantitative estimate of drug-likeness (QED) is 0.654. The van der Waals surface area contributed by atoms with Crippen molar-refractivity contribution >= 4 is 17.8 Å². The van der Waals surface area contributed by atoms with Gasteiger partial charge >= 0.3 is 5.97 Å². The molecule has 0 spiro atoms. The lowest BCUT2D eigenvalue weighted by Gasteiger charge is -2.18. The third-order valence-corrected chi connectivity index (χ3v) is 2.66. The molecule has 0 bridgehead atoms. The van der Waals surface area contributed by atoms with Gasteiger partial charge < -0.3 is 15.7 Å². The summed E-state index contributed by atoms with van der Waals surface area (Å²) in [6, 6.07) is -0.874. The molecule has 0 unspecified atom stereocenters. The molecule has 0 aliphatic carbocycles. The van der Waals surface area contributed by atoms with Gasteiger partial charge in [-0.15, -0.1) is 0 Å². The van der Waals surface area contributed by atoms with Gasteiger partial charge in [0.25, 0.3) is 0 Å². The van der Waals surface area contributed by atoms with Crippen LogP contribution in [0.15, 0.2) is 0 Å². The first kappa shape index (κ1) is 18.4. The molecule has 0 aliphatic rings. The number of aliphatic carboxylic acids is 1. The van der Waals surface area contributed by atoms with E-state index in [2.05, 4.69) is 10.6 Å². The Balaban J connectivity index is 4.15. The van der Waals surface area contributed by atoms with Crippen LogP contribution in [-0.4, -0.2) is 35.5 Å². The predicted molar refractivity (Wildman–Crippen MR) is 76.1 cm³/mol. The van der Waals surface area contributed by atoms with Crippen LogP contribution in [0.3, 0.4) is 0 Å². The SMILES string of the molecule is CC(C)C[C@@H](NC(=O)CCNC(=O)C(C)(C)C)C(=O)O. The van der Waals surface area contributed by atoms with Crippen LogP contribution in [0.25, 0.3) is 0 Å². The Morgan fingerprint density at radius 1 is 1.15 bits per heavy atom.